The maximum absolute atomic E-state index is 13.2. The first-order valence-electron chi connectivity index (χ1n) is 8.00. The summed E-state index contributed by atoms with van der Waals surface area (Å²) >= 11 is 4.46. The van der Waals surface area contributed by atoms with Gasteiger partial charge in [-0.15, -0.1) is 12.6 Å². The molecule has 4 heteroatoms. The zero-order chi connectivity index (χ0) is 16.6. The van der Waals surface area contributed by atoms with E-state index in [1.807, 2.05) is 12.1 Å². The number of aryl methyl sites for hydroxylation is 1. The minimum atomic E-state index is -0.183. The van der Waals surface area contributed by atoms with Crippen molar-refractivity contribution in [3.8, 4) is 0 Å². The zero-order valence-electron chi connectivity index (χ0n) is 13.8. The smallest absolute Gasteiger partial charge is 0.123 e. The summed E-state index contributed by atoms with van der Waals surface area (Å²) in [5, 5.41) is 0. The van der Waals surface area contributed by atoms with Gasteiger partial charge in [0.15, 0.2) is 0 Å². The Bertz CT molecular complexity index is 686. The largest absolute Gasteiger partial charge is 0.285 e. The molecule has 1 saturated heterocycles. The molecule has 0 aromatic heterocycles. The predicted molar refractivity (Wildman–Crippen MR) is 95.3 cm³/mol. The highest BCUT2D eigenvalue weighted by Crippen LogP contribution is 2.40. The maximum Gasteiger partial charge on any atom is 0.123 e. The van der Waals surface area contributed by atoms with Crippen molar-refractivity contribution < 1.29 is 4.39 Å². The van der Waals surface area contributed by atoms with Gasteiger partial charge in [-0.1, -0.05) is 25.1 Å². The highest BCUT2D eigenvalue weighted by atomic mass is 32.1. The fourth-order valence-electron chi connectivity index (χ4n) is 3.62. The van der Waals surface area contributed by atoms with E-state index in [0.29, 0.717) is 0 Å². The molecule has 0 amide bonds. The molecule has 0 saturated carbocycles. The molecule has 1 heterocycles. The van der Waals surface area contributed by atoms with E-state index in [2.05, 4.69) is 61.6 Å². The van der Waals surface area contributed by atoms with E-state index in [0.717, 1.165) is 23.4 Å². The number of rotatable bonds is 3. The Morgan fingerprint density at radius 3 is 2.48 bits per heavy atom. The number of hydrogen-bond donors (Lipinski definition) is 1. The van der Waals surface area contributed by atoms with Gasteiger partial charge in [-0.2, -0.15) is 0 Å². The topological polar surface area (TPSA) is 6.48 Å². The standard InChI is InChI=1S/C19H23FN2S/c1-4-13-11-16(23)9-10-17(13)19-21(2)12-18(22(19)3)14-5-7-15(20)8-6-14/h5-11,18-19,23H,4,12H2,1-3H3. The molecule has 2 aromatic rings. The van der Waals surface area contributed by atoms with Crippen molar-refractivity contribution in [3.05, 3.63) is 65.0 Å². The fraction of sp³-hybridized carbons (Fsp3) is 0.368. The van der Waals surface area contributed by atoms with Crippen LogP contribution in [0, 0.1) is 5.82 Å². The molecule has 2 unspecified atom stereocenters. The van der Waals surface area contributed by atoms with Crippen molar-refractivity contribution in [1.29, 1.82) is 0 Å². The van der Waals surface area contributed by atoms with Gasteiger partial charge in [-0.25, -0.2) is 4.39 Å². The highest BCUT2D eigenvalue weighted by molar-refractivity contribution is 7.80. The summed E-state index contributed by atoms with van der Waals surface area (Å²) in [6.07, 6.45) is 1.22. The van der Waals surface area contributed by atoms with Crippen LogP contribution in [0.2, 0.25) is 0 Å². The Labute approximate surface area is 143 Å². The maximum atomic E-state index is 13.2. The minimum Gasteiger partial charge on any atom is -0.285 e. The monoisotopic (exact) mass is 330 g/mol. The van der Waals surface area contributed by atoms with Gasteiger partial charge in [-0.3, -0.25) is 9.80 Å². The van der Waals surface area contributed by atoms with E-state index in [1.165, 1.54) is 11.1 Å². The Balaban J connectivity index is 1.94. The third-order valence-corrected chi connectivity index (χ3v) is 5.07. The minimum absolute atomic E-state index is 0.183. The summed E-state index contributed by atoms with van der Waals surface area (Å²) in [7, 11) is 4.30. The molecule has 1 aliphatic heterocycles. The van der Waals surface area contributed by atoms with Gasteiger partial charge < -0.3 is 0 Å². The van der Waals surface area contributed by atoms with Gasteiger partial charge in [0.2, 0.25) is 0 Å². The van der Waals surface area contributed by atoms with Crippen LogP contribution in [0.25, 0.3) is 0 Å². The molecule has 0 bridgehead atoms. The van der Waals surface area contributed by atoms with E-state index in [-0.39, 0.29) is 18.0 Å². The molecule has 0 aliphatic carbocycles. The first kappa shape index (κ1) is 16.5. The Hall–Kier alpha value is -1.36. The third-order valence-electron chi connectivity index (χ3n) is 4.80. The average Bonchev–Trinajstić information content (AvgIpc) is 2.83. The molecule has 0 spiro atoms. The summed E-state index contributed by atoms with van der Waals surface area (Å²) in [5.41, 5.74) is 3.83. The molecule has 0 radical (unpaired) electrons. The normalized spacial score (nSPS) is 22.7. The van der Waals surface area contributed by atoms with Crippen molar-refractivity contribution >= 4 is 12.6 Å². The lowest BCUT2D eigenvalue weighted by atomic mass is 10.0. The highest BCUT2D eigenvalue weighted by Gasteiger charge is 2.37. The summed E-state index contributed by atoms with van der Waals surface area (Å²) in [5.74, 6) is -0.183. The molecular formula is C19H23FN2S. The molecule has 2 nitrogen and oxygen atoms in total. The summed E-state index contributed by atoms with van der Waals surface area (Å²) in [6, 6.07) is 13.6. The predicted octanol–water partition coefficient (Wildman–Crippen LogP) is 4.29. The van der Waals surface area contributed by atoms with Gasteiger partial charge >= 0.3 is 0 Å². The van der Waals surface area contributed by atoms with Crippen LogP contribution < -0.4 is 0 Å². The van der Waals surface area contributed by atoms with Crippen LogP contribution in [-0.4, -0.2) is 30.4 Å². The van der Waals surface area contributed by atoms with Crippen molar-refractivity contribution in [2.45, 2.75) is 30.4 Å². The average molecular weight is 330 g/mol. The lowest BCUT2D eigenvalue weighted by Crippen LogP contribution is -2.27. The van der Waals surface area contributed by atoms with E-state index >= 15 is 0 Å². The van der Waals surface area contributed by atoms with Gasteiger partial charge in [-0.05, 0) is 61.5 Å². The SMILES string of the molecule is CCc1cc(S)ccc1C1N(C)CC(c2ccc(F)cc2)N1C. The number of nitrogens with zero attached hydrogens (tertiary/aromatic N) is 2. The Morgan fingerprint density at radius 1 is 1.13 bits per heavy atom. The van der Waals surface area contributed by atoms with Crippen molar-refractivity contribution in [2.24, 2.45) is 0 Å². The quantitative estimate of drug-likeness (QED) is 0.839. The number of hydrogen-bond acceptors (Lipinski definition) is 3. The number of thiol groups is 1. The lowest BCUT2D eigenvalue weighted by Gasteiger charge is -2.29. The molecule has 1 aliphatic rings. The first-order valence-corrected chi connectivity index (χ1v) is 8.45. The lowest BCUT2D eigenvalue weighted by molar-refractivity contribution is 0.171. The van der Waals surface area contributed by atoms with E-state index < -0.39 is 0 Å². The van der Waals surface area contributed by atoms with Gasteiger partial charge in [0.05, 0.1) is 6.17 Å². The van der Waals surface area contributed by atoms with E-state index in [9.17, 15) is 4.39 Å². The number of halogens is 1. The van der Waals surface area contributed by atoms with Crippen molar-refractivity contribution in [2.75, 3.05) is 20.6 Å². The van der Waals surface area contributed by atoms with E-state index in [4.69, 9.17) is 0 Å². The van der Waals surface area contributed by atoms with Gasteiger partial charge in [0.25, 0.3) is 0 Å². The van der Waals surface area contributed by atoms with Crippen molar-refractivity contribution in [3.63, 3.8) is 0 Å². The molecule has 0 N–H and O–H groups in total. The second-order valence-electron chi connectivity index (χ2n) is 6.28. The molecule has 3 rings (SSSR count). The summed E-state index contributed by atoms with van der Waals surface area (Å²) < 4.78 is 13.2. The van der Waals surface area contributed by atoms with Crippen LogP contribution in [-0.2, 0) is 6.42 Å². The van der Waals surface area contributed by atoms with Crippen LogP contribution >= 0.6 is 12.6 Å². The van der Waals surface area contributed by atoms with Gasteiger partial charge in [0.1, 0.15) is 5.82 Å². The number of benzene rings is 2. The fourth-order valence-corrected chi connectivity index (χ4v) is 3.85. The molecule has 23 heavy (non-hydrogen) atoms. The second kappa shape index (κ2) is 6.63. The van der Waals surface area contributed by atoms with Crippen LogP contribution in [0.1, 0.15) is 35.8 Å². The zero-order valence-corrected chi connectivity index (χ0v) is 14.7. The molecular weight excluding hydrogens is 307 g/mol. The Kier molecular flexibility index (Phi) is 4.76. The van der Waals surface area contributed by atoms with Crippen LogP contribution in [0.3, 0.4) is 0 Å². The second-order valence-corrected chi connectivity index (χ2v) is 6.80. The van der Waals surface area contributed by atoms with Crippen LogP contribution in [0.5, 0.6) is 0 Å². The molecule has 2 aromatic carbocycles. The molecule has 122 valence electrons. The van der Waals surface area contributed by atoms with E-state index in [1.54, 1.807) is 12.1 Å². The number of likely N-dealkylation sites (N-methyl/N-ethyl adjacent to an activating group) is 2. The summed E-state index contributed by atoms with van der Waals surface area (Å²) in [6.45, 7) is 3.11. The van der Waals surface area contributed by atoms with Crippen molar-refractivity contribution in [1.82, 2.24) is 9.80 Å². The molecule has 2 atom stereocenters. The van der Waals surface area contributed by atoms with Crippen LogP contribution in [0.15, 0.2) is 47.4 Å². The molecule has 1 fully saturated rings. The Morgan fingerprint density at radius 2 is 1.83 bits per heavy atom. The summed E-state index contributed by atoms with van der Waals surface area (Å²) in [4.78, 5) is 5.74. The third kappa shape index (κ3) is 3.16. The first-order chi connectivity index (χ1) is 11.0. The van der Waals surface area contributed by atoms with Gasteiger partial charge in [0, 0.05) is 17.5 Å². The van der Waals surface area contributed by atoms with Crippen LogP contribution in [0.4, 0.5) is 4.39 Å².